The van der Waals surface area contributed by atoms with E-state index in [-0.39, 0.29) is 5.91 Å². The molecule has 1 heterocycles. The average molecular weight is 362 g/mol. The van der Waals surface area contributed by atoms with Gasteiger partial charge < -0.3 is 0 Å². The van der Waals surface area contributed by atoms with Crippen LogP contribution in [-0.4, -0.2) is 10.9 Å². The number of hydrogen-bond donors (Lipinski definition) is 0. The first-order chi connectivity index (χ1) is 12.3. The third-order valence-electron chi connectivity index (χ3n) is 4.06. The van der Waals surface area contributed by atoms with Gasteiger partial charge in [0, 0.05) is 16.5 Å². The molecule has 0 unspecified atom stereocenters. The maximum absolute atomic E-state index is 12.8. The molecule has 2 aromatic carbocycles. The van der Waals surface area contributed by atoms with Crippen molar-refractivity contribution < 1.29 is 4.79 Å². The van der Waals surface area contributed by atoms with Crippen molar-refractivity contribution in [3.63, 3.8) is 0 Å². The van der Waals surface area contributed by atoms with Crippen LogP contribution in [0.5, 0.6) is 0 Å². The number of thiazole rings is 1. The van der Waals surface area contributed by atoms with Gasteiger partial charge in [-0.15, -0.1) is 11.3 Å². The van der Waals surface area contributed by atoms with E-state index in [1.165, 1.54) is 16.9 Å². The van der Waals surface area contributed by atoms with Crippen LogP contribution in [0.4, 0.5) is 10.8 Å². The molecule has 3 nitrogen and oxygen atoms in total. The second kappa shape index (κ2) is 7.26. The van der Waals surface area contributed by atoms with E-state index < -0.39 is 0 Å². The summed E-state index contributed by atoms with van der Waals surface area (Å²) in [4.78, 5) is 19.2. The quantitative estimate of drug-likeness (QED) is 0.535. The zero-order chi connectivity index (χ0) is 18.8. The number of hydrogen-bond acceptors (Lipinski definition) is 3. The number of benzene rings is 2. The first-order valence-electron chi connectivity index (χ1n) is 8.46. The third-order valence-corrected chi connectivity index (χ3v) is 4.89. The van der Waals surface area contributed by atoms with Gasteiger partial charge in [0.05, 0.1) is 11.4 Å². The Hall–Kier alpha value is -2.72. The van der Waals surface area contributed by atoms with Gasteiger partial charge in [0.15, 0.2) is 5.13 Å². The molecule has 0 spiro atoms. The molecule has 0 aliphatic carbocycles. The molecule has 132 valence electrons. The summed E-state index contributed by atoms with van der Waals surface area (Å²) in [5.74, 6) is -0.139. The number of carbonyl (C=O) groups is 1. The van der Waals surface area contributed by atoms with Crippen LogP contribution in [0.15, 0.2) is 60.0 Å². The molecule has 0 N–H and O–H groups in total. The molecule has 0 bridgehead atoms. The predicted molar refractivity (Wildman–Crippen MR) is 110 cm³/mol. The minimum atomic E-state index is -0.139. The molecule has 0 saturated carbocycles. The fourth-order valence-electron chi connectivity index (χ4n) is 2.81. The Morgan fingerprint density at radius 3 is 2.19 bits per heavy atom. The molecular weight excluding hydrogens is 340 g/mol. The van der Waals surface area contributed by atoms with Crippen LogP contribution >= 0.6 is 11.3 Å². The van der Waals surface area contributed by atoms with Gasteiger partial charge in [-0.3, -0.25) is 9.69 Å². The van der Waals surface area contributed by atoms with E-state index in [4.69, 9.17) is 4.98 Å². The van der Waals surface area contributed by atoms with Crippen molar-refractivity contribution in [2.45, 2.75) is 27.7 Å². The number of nitrogens with zero attached hydrogens (tertiary/aromatic N) is 2. The lowest BCUT2D eigenvalue weighted by Gasteiger charge is -2.21. The highest BCUT2D eigenvalue weighted by Gasteiger charge is 2.22. The molecule has 0 radical (unpaired) electrons. The van der Waals surface area contributed by atoms with Crippen molar-refractivity contribution in [3.8, 4) is 11.3 Å². The van der Waals surface area contributed by atoms with E-state index in [0.29, 0.717) is 10.7 Å². The van der Waals surface area contributed by atoms with E-state index in [9.17, 15) is 4.79 Å². The van der Waals surface area contributed by atoms with Crippen LogP contribution in [0, 0.1) is 20.8 Å². The Kier molecular flexibility index (Phi) is 5.05. The molecule has 26 heavy (non-hydrogen) atoms. The highest BCUT2D eigenvalue weighted by molar-refractivity contribution is 7.14. The molecule has 0 atom stereocenters. The van der Waals surface area contributed by atoms with E-state index in [0.717, 1.165) is 28.1 Å². The van der Waals surface area contributed by atoms with Crippen molar-refractivity contribution in [2.24, 2.45) is 0 Å². The van der Waals surface area contributed by atoms with Gasteiger partial charge in [0.25, 0.3) is 5.91 Å². The fraction of sp³-hybridized carbons (Fsp3) is 0.182. The van der Waals surface area contributed by atoms with Gasteiger partial charge in [-0.2, -0.15) is 0 Å². The standard InChI is InChI=1S/C22H22N2OS/c1-14(2)21(25)24(19-11-16(4)10-17(5)12-19)22-23-20(13-26-22)18-8-6-15(3)7-9-18/h6-13H,1H2,2-5H3. The summed E-state index contributed by atoms with van der Waals surface area (Å²) in [7, 11) is 0. The molecule has 1 aromatic heterocycles. The van der Waals surface area contributed by atoms with Crippen LogP contribution in [-0.2, 0) is 4.79 Å². The first-order valence-corrected chi connectivity index (χ1v) is 9.34. The van der Waals surface area contributed by atoms with Crippen LogP contribution in [0.2, 0.25) is 0 Å². The van der Waals surface area contributed by atoms with Crippen LogP contribution < -0.4 is 4.90 Å². The van der Waals surface area contributed by atoms with Crippen LogP contribution in [0.3, 0.4) is 0 Å². The molecule has 1 amide bonds. The van der Waals surface area contributed by atoms with Gasteiger partial charge in [-0.1, -0.05) is 42.5 Å². The van der Waals surface area contributed by atoms with Gasteiger partial charge in [-0.25, -0.2) is 4.98 Å². The number of aromatic nitrogens is 1. The van der Waals surface area contributed by atoms with E-state index in [2.05, 4.69) is 43.8 Å². The summed E-state index contributed by atoms with van der Waals surface area (Å²) in [6.07, 6.45) is 0. The van der Waals surface area contributed by atoms with Crippen molar-refractivity contribution in [2.75, 3.05) is 4.90 Å². The van der Waals surface area contributed by atoms with Gasteiger partial charge in [0.1, 0.15) is 0 Å². The SMILES string of the molecule is C=C(C)C(=O)N(c1cc(C)cc(C)c1)c1nc(-c2ccc(C)cc2)cs1. The Bertz CT molecular complexity index is 950. The van der Waals surface area contributed by atoms with Crippen LogP contribution in [0.1, 0.15) is 23.6 Å². The molecule has 3 rings (SSSR count). The summed E-state index contributed by atoms with van der Waals surface area (Å²) in [6.45, 7) is 11.7. The lowest BCUT2D eigenvalue weighted by Crippen LogP contribution is -2.26. The number of aryl methyl sites for hydroxylation is 3. The van der Waals surface area contributed by atoms with Gasteiger partial charge >= 0.3 is 0 Å². The normalized spacial score (nSPS) is 10.6. The highest BCUT2D eigenvalue weighted by atomic mass is 32.1. The molecular formula is C22H22N2OS. The molecule has 0 saturated heterocycles. The highest BCUT2D eigenvalue weighted by Crippen LogP contribution is 2.34. The monoisotopic (exact) mass is 362 g/mol. The summed E-state index contributed by atoms with van der Waals surface area (Å²) in [5.41, 5.74) is 6.63. The summed E-state index contributed by atoms with van der Waals surface area (Å²) >= 11 is 1.46. The Labute approximate surface area is 158 Å². The number of carbonyl (C=O) groups excluding carboxylic acids is 1. The topological polar surface area (TPSA) is 33.2 Å². The second-order valence-electron chi connectivity index (χ2n) is 6.65. The fourth-order valence-corrected chi connectivity index (χ4v) is 3.66. The molecule has 4 heteroatoms. The minimum Gasteiger partial charge on any atom is -0.269 e. The van der Waals surface area contributed by atoms with Crippen molar-refractivity contribution in [1.29, 1.82) is 0 Å². The van der Waals surface area contributed by atoms with E-state index >= 15 is 0 Å². The number of amides is 1. The van der Waals surface area contributed by atoms with Crippen molar-refractivity contribution >= 4 is 28.1 Å². The third kappa shape index (κ3) is 3.75. The van der Waals surface area contributed by atoms with Gasteiger partial charge in [0.2, 0.25) is 0 Å². The zero-order valence-electron chi connectivity index (χ0n) is 15.5. The molecule has 0 aliphatic rings. The van der Waals surface area contributed by atoms with Gasteiger partial charge in [-0.05, 0) is 51.0 Å². The second-order valence-corrected chi connectivity index (χ2v) is 7.48. The first kappa shape index (κ1) is 18.1. The molecule has 0 aliphatic heterocycles. The number of rotatable bonds is 4. The number of anilines is 2. The maximum atomic E-state index is 12.8. The predicted octanol–water partition coefficient (Wildman–Crippen LogP) is 5.98. The van der Waals surface area contributed by atoms with Crippen molar-refractivity contribution in [3.05, 3.63) is 76.7 Å². The average Bonchev–Trinajstić information content (AvgIpc) is 3.04. The lowest BCUT2D eigenvalue weighted by atomic mass is 10.1. The molecule has 0 fully saturated rings. The van der Waals surface area contributed by atoms with Crippen molar-refractivity contribution in [1.82, 2.24) is 4.98 Å². The Morgan fingerprint density at radius 2 is 1.62 bits per heavy atom. The summed E-state index contributed by atoms with van der Waals surface area (Å²) < 4.78 is 0. The zero-order valence-corrected chi connectivity index (χ0v) is 16.4. The van der Waals surface area contributed by atoms with E-state index in [1.807, 2.05) is 31.4 Å². The summed E-state index contributed by atoms with van der Waals surface area (Å²) in [6, 6.07) is 14.3. The summed E-state index contributed by atoms with van der Waals surface area (Å²) in [5, 5.41) is 2.64. The maximum Gasteiger partial charge on any atom is 0.259 e. The Balaban J connectivity index is 2.07. The van der Waals surface area contributed by atoms with E-state index in [1.54, 1.807) is 11.8 Å². The van der Waals surface area contributed by atoms with Crippen LogP contribution in [0.25, 0.3) is 11.3 Å². The molecule has 3 aromatic rings. The minimum absolute atomic E-state index is 0.139. The Morgan fingerprint density at radius 1 is 1.00 bits per heavy atom. The largest absolute Gasteiger partial charge is 0.269 e. The smallest absolute Gasteiger partial charge is 0.259 e. The lowest BCUT2D eigenvalue weighted by molar-refractivity contribution is -0.114.